The molecule has 2 saturated heterocycles. The molecule has 36 heteroatoms. The largest absolute Gasteiger partial charge is 0.460 e. The summed E-state index contributed by atoms with van der Waals surface area (Å²) in [5.74, 6) is -8.13. The smallest absolute Gasteiger partial charge is 0.329 e. The zero-order valence-corrected chi connectivity index (χ0v) is 77.0. The normalized spacial score (nSPS) is 26.7. The number of nitrogens with zero attached hydrogens (tertiary/aromatic N) is 10. The average molecular weight is 1790 g/mol. The molecule has 36 nitrogen and oxygen atoms in total. The number of nitrogens with one attached hydrogen (secondary N) is 2. The molecule has 708 valence electrons. The topological polar surface area (TPSA) is 463 Å². The van der Waals surface area contributed by atoms with Crippen molar-refractivity contribution < 1.29 is 105 Å². The summed E-state index contributed by atoms with van der Waals surface area (Å²) >= 11 is 0. The first-order chi connectivity index (χ1) is 61.4. The van der Waals surface area contributed by atoms with Crippen LogP contribution in [0.4, 0.5) is 11.8 Å². The highest BCUT2D eigenvalue weighted by Gasteiger charge is 2.53. The molecule has 1 aromatic carbocycles. The minimum absolute atomic E-state index is 0.0118. The van der Waals surface area contributed by atoms with Gasteiger partial charge in [0.1, 0.15) is 65.6 Å². The molecule has 3 fully saturated rings. The number of benzene rings is 1. The number of oxazole rings is 1. The van der Waals surface area contributed by atoms with Crippen LogP contribution in [0.25, 0.3) is 33.4 Å². The van der Waals surface area contributed by atoms with Gasteiger partial charge in [-0.3, -0.25) is 28.8 Å². The van der Waals surface area contributed by atoms with Crippen LogP contribution in [0.2, 0.25) is 0 Å². The fourth-order valence-electron chi connectivity index (χ4n) is 16.6. The minimum atomic E-state index is -2.48. The molecule has 128 heavy (non-hydrogen) atoms. The van der Waals surface area contributed by atoms with Crippen LogP contribution in [0, 0.1) is 35.5 Å². The molecule has 0 spiro atoms. The van der Waals surface area contributed by atoms with E-state index in [2.05, 4.69) is 35.9 Å². The van der Waals surface area contributed by atoms with Crippen LogP contribution in [0.15, 0.2) is 87.9 Å². The van der Waals surface area contributed by atoms with Crippen LogP contribution in [0.1, 0.15) is 197 Å². The van der Waals surface area contributed by atoms with E-state index in [1.807, 2.05) is 104 Å². The molecule has 1 aliphatic carbocycles. The number of fused-ring (bicyclic) bond motifs is 5. The van der Waals surface area contributed by atoms with E-state index in [-0.39, 0.29) is 112 Å². The van der Waals surface area contributed by atoms with Crippen LogP contribution in [0.5, 0.6) is 0 Å². The summed E-state index contributed by atoms with van der Waals surface area (Å²) in [6, 6.07) is 4.15. The number of anilines is 2. The van der Waals surface area contributed by atoms with E-state index in [1.54, 1.807) is 49.7 Å². The van der Waals surface area contributed by atoms with Crippen molar-refractivity contribution in [2.24, 2.45) is 40.7 Å². The molecular weight excluding hydrogens is 1650 g/mol. The summed E-state index contributed by atoms with van der Waals surface area (Å²) in [5.41, 5.74) is 16.7. The van der Waals surface area contributed by atoms with Gasteiger partial charge in [0, 0.05) is 110 Å². The summed E-state index contributed by atoms with van der Waals surface area (Å²) in [6.45, 7) is 22.9. The quantitative estimate of drug-likeness (QED) is 0.00703. The molecule has 1 saturated carbocycles. The van der Waals surface area contributed by atoms with Crippen molar-refractivity contribution >= 4 is 80.9 Å². The summed E-state index contributed by atoms with van der Waals surface area (Å²) in [5, 5.41) is 49.0. The Morgan fingerprint density at radius 2 is 1.48 bits per heavy atom. The van der Waals surface area contributed by atoms with Crippen molar-refractivity contribution in [2.45, 2.75) is 258 Å². The number of aliphatic hydroxyl groups excluding tert-OH is 1. The number of oxime groups is 1. The number of hydrogen-bond acceptors (Lipinski definition) is 31. The first-order valence-electron chi connectivity index (χ1n) is 45.2. The van der Waals surface area contributed by atoms with Crippen molar-refractivity contribution in [3.05, 3.63) is 84.0 Å². The average Bonchev–Trinajstić information content (AvgIpc) is 1.49. The number of methoxy groups -OCH3 is 3. The van der Waals surface area contributed by atoms with E-state index in [0.29, 0.717) is 194 Å². The number of hydrogen-bond donors (Lipinski definition) is 6. The third-order valence-electron chi connectivity index (χ3n) is 23.9. The predicted molar refractivity (Wildman–Crippen MR) is 476 cm³/mol. The minimum Gasteiger partial charge on any atom is -0.460 e. The number of aliphatic hydroxyl groups is 2. The van der Waals surface area contributed by atoms with Crippen molar-refractivity contribution in [2.75, 3.05) is 118 Å². The summed E-state index contributed by atoms with van der Waals surface area (Å²) in [4.78, 5) is 117. The highest BCUT2D eigenvalue weighted by Crippen LogP contribution is 2.41. The molecule has 3 aliphatic heterocycles. The number of nitrogen functional groups attached to an aromatic ring is 2. The van der Waals surface area contributed by atoms with Gasteiger partial charge in [0.25, 0.3) is 17.7 Å². The lowest BCUT2D eigenvalue weighted by Crippen LogP contribution is -2.61. The fraction of sp³-hybridized carbons (Fsp3) is 0.674. The predicted octanol–water partition coefficient (Wildman–Crippen LogP) is 9.77. The zero-order chi connectivity index (χ0) is 92.5. The number of esters is 2. The molecule has 9 rings (SSSR count). The number of allylic oxidation sites excluding steroid dienone is 6. The Morgan fingerprint density at radius 3 is 2.20 bits per heavy atom. The third kappa shape index (κ3) is 30.9. The van der Waals surface area contributed by atoms with Gasteiger partial charge in [-0.05, 0) is 165 Å². The number of aryl methyl sites for hydroxylation is 1. The fourth-order valence-corrected chi connectivity index (χ4v) is 16.6. The Hall–Kier alpha value is -9.34. The van der Waals surface area contributed by atoms with Gasteiger partial charge in [0.2, 0.25) is 17.6 Å². The lowest BCUT2D eigenvalue weighted by Gasteiger charge is -2.42. The molecule has 0 radical (unpaired) electrons. The Labute approximate surface area is 750 Å². The number of cyclic esters (lactones) is 1. The lowest BCUT2D eigenvalue weighted by atomic mass is 9.77. The number of carbonyl (C=O) groups is 7. The van der Waals surface area contributed by atoms with E-state index in [9.17, 15) is 39.0 Å². The molecule has 15 atom stereocenters. The number of ether oxygens (including phenoxy) is 11. The highest BCUT2D eigenvalue weighted by atomic mass is 16.7. The van der Waals surface area contributed by atoms with Gasteiger partial charge in [-0.15, -0.1) is 5.10 Å². The second-order valence-corrected chi connectivity index (χ2v) is 35.1. The Bertz CT molecular complexity index is 4560. The van der Waals surface area contributed by atoms with Crippen LogP contribution in [-0.2, 0) is 104 Å². The maximum Gasteiger partial charge on any atom is 0.329 e. The van der Waals surface area contributed by atoms with Gasteiger partial charge in [-0.1, -0.05) is 81.4 Å². The Kier molecular flexibility index (Phi) is 41.0. The first kappa shape index (κ1) is 102. The molecule has 4 aliphatic rings. The molecule has 3 amide bonds. The van der Waals surface area contributed by atoms with Gasteiger partial charge in [0.15, 0.2) is 17.0 Å². The number of nitrogens with two attached hydrogens (primary N) is 2. The third-order valence-corrected chi connectivity index (χ3v) is 23.9. The molecule has 0 unspecified atom stereocenters. The number of rotatable bonds is 38. The molecule has 2 bridgehead atoms. The van der Waals surface area contributed by atoms with Crippen molar-refractivity contribution in [1.82, 2.24) is 55.3 Å². The van der Waals surface area contributed by atoms with Crippen LogP contribution >= 0.6 is 0 Å². The van der Waals surface area contributed by atoms with Gasteiger partial charge < -0.3 is 98.6 Å². The number of carbonyl (C=O) groups excluding carboxylic acids is 7. The van der Waals surface area contributed by atoms with E-state index in [0.717, 1.165) is 24.0 Å². The van der Waals surface area contributed by atoms with E-state index < -0.39 is 89.3 Å². The van der Waals surface area contributed by atoms with Crippen LogP contribution in [0.3, 0.4) is 0 Å². The zero-order valence-electron chi connectivity index (χ0n) is 77.0. The lowest BCUT2D eigenvalue weighted by molar-refractivity contribution is -0.265. The molecule has 7 heterocycles. The maximum atomic E-state index is 15.2. The highest BCUT2D eigenvalue weighted by molar-refractivity contribution is 6.39. The number of unbranched alkanes of at least 4 members (excludes halogenated alkanes) is 1. The maximum absolute atomic E-state index is 15.2. The second-order valence-electron chi connectivity index (χ2n) is 35.1. The Morgan fingerprint density at radius 1 is 0.773 bits per heavy atom. The SMILES string of the molecule is CO[C@H]1C[C@@H]2CC[C@@H](C)[C@@](O)(O2)C(=O)C(=O)N2CCCC[C@H]2C(=O)O[C@H]([C@H](C)C[C@@H]2CC[C@H](n3cc(COC(=O)CCCOCCOCCOCCC(=O)NCCOCCOCCC(=O)NCCCCn4nc(-c5ccc6oc(N)nc6c5)c5c(N)ncnc54)nn3)[C@H](OC)C2)C/C(=N/OC(C)(C)C)[C@H](C)/C=C(\C)[C@@H](O)[C@@H](OC)C(=O)[C@H](C)C[C@H](C)/C=C/C=C/C=C/1C. The number of piperidine rings is 1. The monoisotopic (exact) mass is 1790 g/mol. The molecule has 4 aromatic heterocycles. The van der Waals surface area contributed by atoms with Gasteiger partial charge >= 0.3 is 11.9 Å². The summed E-state index contributed by atoms with van der Waals surface area (Å²) in [7, 11) is 4.64. The summed E-state index contributed by atoms with van der Waals surface area (Å²) in [6.07, 6.45) is 17.6. The van der Waals surface area contributed by atoms with Crippen molar-refractivity contribution in [3.63, 3.8) is 0 Å². The molecule has 5 aromatic rings. The number of Topliss-reactive ketones (excluding diaryl/α,β-unsaturated/α-hetero) is 2. The van der Waals surface area contributed by atoms with Gasteiger partial charge in [-0.25, -0.2) is 24.1 Å². The van der Waals surface area contributed by atoms with Gasteiger partial charge in [-0.2, -0.15) is 10.1 Å². The molecule has 8 N–H and O–H groups in total. The standard InChI is InChI=1S/C92H138N14O22/c1-58-22-15-14-16-23-59(2)74(116-11)53-68-29-26-64(7)92(115,127-68)85(112)88(113)104-36-19-17-24-72(104)89(114)125-75(54-69(102-128-91(8,9)10)60(3)49-63(6)83(111)84(118-13)82(110)62(5)48-58)61(4)50-65-27-30-71(76(51-65)117-12)106-55-67(100-103-106)56-124-79(109)25-21-38-119-42-46-123-47-44-121-40-33-78(108)96-35-41-122-45-43-120-39-32-77(107)95-34-18-20-37-105-87-80(86(93)97-57-98-87)81(101-105)66-28-31-73-70(52-66)99-90(94)126-73/h14-16,22-23,28,31,49,52,55,57-58,60-62,64-65,68,71-72,74-76,83-84,111,115H,17-21,24-27,29-30,32-48,50-51,53-54,56H2,1-13H3,(H2,94,99)(H,95,107)(H,96,108)(H2,93,97,98)/b16-14+,22-15+,59-23+,63-49+,102-69-/t58-,60-,61-,62-,64-,65+,68+,71+,72+,74+,75+,76-,83-,84+,92-/m1/s1. The van der Waals surface area contributed by atoms with Crippen LogP contribution in [-0.4, -0.2) is 263 Å². The van der Waals surface area contributed by atoms with Gasteiger partial charge in [0.05, 0.1) is 101 Å². The number of ketones is 2. The van der Waals surface area contributed by atoms with E-state index in [4.69, 9.17) is 83.1 Å². The first-order valence-corrected chi connectivity index (χ1v) is 45.2. The van der Waals surface area contributed by atoms with E-state index in [1.165, 1.54) is 18.3 Å². The van der Waals surface area contributed by atoms with Crippen molar-refractivity contribution in [1.29, 1.82) is 0 Å². The van der Waals surface area contributed by atoms with Crippen molar-refractivity contribution in [3.8, 4) is 11.3 Å². The van der Waals surface area contributed by atoms with Crippen LogP contribution < -0.4 is 22.1 Å². The Balaban J connectivity index is 0.662. The van der Waals surface area contributed by atoms with E-state index >= 15 is 4.79 Å². The summed E-state index contributed by atoms with van der Waals surface area (Å²) < 4.78 is 73.4. The second kappa shape index (κ2) is 51.3. The molecular formula is C92H138N14O22. The number of amides is 3. The number of aromatic nitrogens is 8.